The van der Waals surface area contributed by atoms with Crippen LogP contribution in [-0.4, -0.2) is 24.3 Å². The van der Waals surface area contributed by atoms with Gasteiger partial charge in [0.2, 0.25) is 0 Å². The normalized spacial score (nSPS) is 12.1. The number of carbonyl (C=O) groups is 1. The second-order valence-corrected chi connectivity index (χ2v) is 5.59. The first-order chi connectivity index (χ1) is 10.9. The van der Waals surface area contributed by atoms with Crippen molar-refractivity contribution in [2.75, 3.05) is 7.11 Å². The molecule has 0 bridgehead atoms. The Morgan fingerprint density at radius 1 is 1.22 bits per heavy atom. The van der Waals surface area contributed by atoms with Crippen LogP contribution in [0.15, 0.2) is 28.8 Å². The number of benzene rings is 1. The molecule has 1 heterocycles. The molecular weight excluding hydrogens is 296 g/mol. The SMILES string of the molecule is COc1cc([C@@H](C)NC(=O)c2cc(C)on2)ccc1OC(C)C. The Morgan fingerprint density at radius 2 is 1.96 bits per heavy atom. The predicted molar refractivity (Wildman–Crippen MR) is 85.9 cm³/mol. The van der Waals surface area contributed by atoms with E-state index in [1.807, 2.05) is 39.0 Å². The fourth-order valence-electron chi connectivity index (χ4n) is 2.13. The van der Waals surface area contributed by atoms with Crippen LogP contribution in [-0.2, 0) is 0 Å². The third-order valence-electron chi connectivity index (χ3n) is 3.26. The molecule has 6 heteroatoms. The van der Waals surface area contributed by atoms with Gasteiger partial charge >= 0.3 is 0 Å². The summed E-state index contributed by atoms with van der Waals surface area (Å²) in [5.41, 5.74) is 1.17. The number of nitrogens with zero attached hydrogens (tertiary/aromatic N) is 1. The lowest BCUT2D eigenvalue weighted by Gasteiger charge is -2.17. The van der Waals surface area contributed by atoms with Crippen molar-refractivity contribution in [1.29, 1.82) is 0 Å². The maximum Gasteiger partial charge on any atom is 0.273 e. The number of hydrogen-bond acceptors (Lipinski definition) is 5. The summed E-state index contributed by atoms with van der Waals surface area (Å²) in [6.45, 7) is 7.54. The highest BCUT2D eigenvalue weighted by atomic mass is 16.5. The van der Waals surface area contributed by atoms with Crippen LogP contribution in [0, 0.1) is 6.92 Å². The molecule has 0 radical (unpaired) electrons. The van der Waals surface area contributed by atoms with Gasteiger partial charge in [0.25, 0.3) is 5.91 Å². The monoisotopic (exact) mass is 318 g/mol. The standard InChI is InChI=1S/C17H22N2O4/c1-10(2)22-15-7-6-13(9-16(15)21-5)12(4)18-17(20)14-8-11(3)23-19-14/h6-10,12H,1-5H3,(H,18,20)/t12-/m1/s1. The molecule has 0 aliphatic heterocycles. The summed E-state index contributed by atoms with van der Waals surface area (Å²) in [7, 11) is 1.59. The van der Waals surface area contributed by atoms with Crippen molar-refractivity contribution in [3.63, 3.8) is 0 Å². The minimum absolute atomic E-state index is 0.0577. The Morgan fingerprint density at radius 3 is 2.52 bits per heavy atom. The van der Waals surface area contributed by atoms with E-state index in [1.54, 1.807) is 20.1 Å². The van der Waals surface area contributed by atoms with E-state index in [4.69, 9.17) is 14.0 Å². The van der Waals surface area contributed by atoms with E-state index >= 15 is 0 Å². The summed E-state index contributed by atoms with van der Waals surface area (Å²) in [4.78, 5) is 12.1. The summed E-state index contributed by atoms with van der Waals surface area (Å²) < 4.78 is 16.0. The Bertz CT molecular complexity index is 679. The summed E-state index contributed by atoms with van der Waals surface area (Å²) in [5.74, 6) is 1.63. The van der Waals surface area contributed by atoms with Gasteiger partial charge in [-0.1, -0.05) is 11.2 Å². The van der Waals surface area contributed by atoms with E-state index in [9.17, 15) is 4.79 Å². The minimum Gasteiger partial charge on any atom is -0.493 e. The molecule has 6 nitrogen and oxygen atoms in total. The average Bonchev–Trinajstić information content (AvgIpc) is 2.93. The quantitative estimate of drug-likeness (QED) is 0.885. The molecule has 1 amide bonds. The molecule has 124 valence electrons. The van der Waals surface area contributed by atoms with Gasteiger partial charge in [-0.15, -0.1) is 0 Å². The third-order valence-corrected chi connectivity index (χ3v) is 3.26. The second-order valence-electron chi connectivity index (χ2n) is 5.59. The molecule has 23 heavy (non-hydrogen) atoms. The predicted octanol–water partition coefficient (Wildman–Crippen LogP) is 3.27. The van der Waals surface area contributed by atoms with Crippen molar-refractivity contribution in [2.45, 2.75) is 39.8 Å². The van der Waals surface area contributed by atoms with Crippen LogP contribution < -0.4 is 14.8 Å². The summed E-state index contributed by atoms with van der Waals surface area (Å²) in [5, 5.41) is 6.59. The molecular formula is C17H22N2O4. The fraction of sp³-hybridized carbons (Fsp3) is 0.412. The van der Waals surface area contributed by atoms with Crippen molar-refractivity contribution in [3.8, 4) is 11.5 Å². The van der Waals surface area contributed by atoms with Crippen molar-refractivity contribution < 1.29 is 18.8 Å². The van der Waals surface area contributed by atoms with Gasteiger partial charge in [0.1, 0.15) is 5.76 Å². The Balaban J connectivity index is 2.12. The highest BCUT2D eigenvalue weighted by molar-refractivity contribution is 5.92. The molecule has 0 aliphatic carbocycles. The number of aromatic nitrogens is 1. The van der Waals surface area contributed by atoms with Gasteiger partial charge in [0.05, 0.1) is 19.3 Å². The van der Waals surface area contributed by atoms with E-state index in [0.29, 0.717) is 17.3 Å². The molecule has 1 atom stereocenters. The molecule has 0 saturated heterocycles. The molecule has 2 aromatic rings. The van der Waals surface area contributed by atoms with Crippen LogP contribution in [0.25, 0.3) is 0 Å². The van der Waals surface area contributed by atoms with Gasteiger partial charge < -0.3 is 19.3 Å². The maximum atomic E-state index is 12.1. The van der Waals surface area contributed by atoms with Crippen LogP contribution in [0.5, 0.6) is 11.5 Å². The van der Waals surface area contributed by atoms with Gasteiger partial charge in [-0.2, -0.15) is 0 Å². The van der Waals surface area contributed by atoms with Crippen LogP contribution >= 0.6 is 0 Å². The Hall–Kier alpha value is -2.50. The Kier molecular flexibility index (Phi) is 5.26. The largest absolute Gasteiger partial charge is 0.493 e. The molecule has 1 aromatic heterocycles. The van der Waals surface area contributed by atoms with Gasteiger partial charge in [-0.3, -0.25) is 4.79 Å². The molecule has 2 rings (SSSR count). The zero-order chi connectivity index (χ0) is 17.0. The Labute approximate surface area is 135 Å². The van der Waals surface area contributed by atoms with Crippen LogP contribution in [0.4, 0.5) is 0 Å². The summed E-state index contributed by atoms with van der Waals surface area (Å²) in [6, 6.07) is 7.00. The number of ether oxygens (including phenoxy) is 2. The number of rotatable bonds is 6. The van der Waals surface area contributed by atoms with Crippen molar-refractivity contribution in [2.24, 2.45) is 0 Å². The van der Waals surface area contributed by atoms with Crippen molar-refractivity contribution in [3.05, 3.63) is 41.3 Å². The third kappa shape index (κ3) is 4.25. The lowest BCUT2D eigenvalue weighted by Crippen LogP contribution is -2.26. The van der Waals surface area contributed by atoms with E-state index in [-0.39, 0.29) is 23.7 Å². The number of methoxy groups -OCH3 is 1. The van der Waals surface area contributed by atoms with E-state index in [2.05, 4.69) is 10.5 Å². The lowest BCUT2D eigenvalue weighted by atomic mass is 10.1. The zero-order valence-corrected chi connectivity index (χ0v) is 14.0. The molecule has 0 aliphatic rings. The molecule has 1 aromatic carbocycles. The van der Waals surface area contributed by atoms with E-state index in [1.165, 1.54) is 0 Å². The van der Waals surface area contributed by atoms with Crippen molar-refractivity contribution in [1.82, 2.24) is 10.5 Å². The first kappa shape index (κ1) is 16.9. The molecule has 0 unspecified atom stereocenters. The maximum absolute atomic E-state index is 12.1. The van der Waals surface area contributed by atoms with E-state index in [0.717, 1.165) is 5.56 Å². The van der Waals surface area contributed by atoms with Gasteiger partial charge in [-0.05, 0) is 45.4 Å². The summed E-state index contributed by atoms with van der Waals surface area (Å²) in [6.07, 6.45) is 0.0577. The molecule has 0 saturated carbocycles. The number of hydrogen-bond donors (Lipinski definition) is 1. The number of carbonyl (C=O) groups excluding carboxylic acids is 1. The number of amides is 1. The van der Waals surface area contributed by atoms with Gasteiger partial charge in [0.15, 0.2) is 17.2 Å². The highest BCUT2D eigenvalue weighted by Crippen LogP contribution is 2.31. The molecule has 1 N–H and O–H groups in total. The first-order valence-corrected chi connectivity index (χ1v) is 7.49. The summed E-state index contributed by atoms with van der Waals surface area (Å²) >= 11 is 0. The average molecular weight is 318 g/mol. The molecule has 0 spiro atoms. The topological polar surface area (TPSA) is 73.6 Å². The highest BCUT2D eigenvalue weighted by Gasteiger charge is 2.16. The zero-order valence-electron chi connectivity index (χ0n) is 14.0. The first-order valence-electron chi connectivity index (χ1n) is 7.49. The lowest BCUT2D eigenvalue weighted by molar-refractivity contribution is 0.0930. The van der Waals surface area contributed by atoms with Crippen LogP contribution in [0.2, 0.25) is 0 Å². The van der Waals surface area contributed by atoms with Crippen LogP contribution in [0.1, 0.15) is 48.6 Å². The minimum atomic E-state index is -0.282. The fourth-order valence-corrected chi connectivity index (χ4v) is 2.13. The smallest absolute Gasteiger partial charge is 0.273 e. The molecule has 0 fully saturated rings. The number of aryl methyl sites for hydroxylation is 1. The van der Waals surface area contributed by atoms with Gasteiger partial charge in [0, 0.05) is 6.07 Å². The van der Waals surface area contributed by atoms with E-state index < -0.39 is 0 Å². The van der Waals surface area contributed by atoms with Crippen LogP contribution in [0.3, 0.4) is 0 Å². The van der Waals surface area contributed by atoms with Crippen molar-refractivity contribution >= 4 is 5.91 Å². The number of nitrogens with one attached hydrogen (secondary N) is 1. The van der Waals surface area contributed by atoms with Gasteiger partial charge in [-0.25, -0.2) is 0 Å². The second kappa shape index (κ2) is 7.17.